The number of aliphatic hydroxyl groups excluding tert-OH is 1. The van der Waals surface area contributed by atoms with Crippen LogP contribution < -0.4 is 4.90 Å². The SMILES string of the molecule is CCC(O)c1ccc2c(N3CCN(C(=O)O)CC3)cnn2c1. The standard InChI is InChI=1S/C15H20N4O3/c1-2-14(20)11-3-4-12-13(9-16-19(12)10-11)17-5-7-18(8-6-17)15(21)22/h3-4,9-10,14,20H,2,5-8H2,1H3,(H,21,22). The van der Waals surface area contributed by atoms with Crippen LogP contribution in [0.3, 0.4) is 0 Å². The van der Waals surface area contributed by atoms with Gasteiger partial charge in [-0.25, -0.2) is 9.31 Å². The summed E-state index contributed by atoms with van der Waals surface area (Å²) in [6.07, 6.45) is 2.97. The number of pyridine rings is 1. The number of hydrogen-bond donors (Lipinski definition) is 2. The highest BCUT2D eigenvalue weighted by Crippen LogP contribution is 2.25. The largest absolute Gasteiger partial charge is 0.465 e. The van der Waals surface area contributed by atoms with Gasteiger partial charge in [-0.3, -0.25) is 0 Å². The molecule has 0 spiro atoms. The lowest BCUT2D eigenvalue weighted by Crippen LogP contribution is -2.48. The number of carboxylic acid groups (broad SMARTS) is 1. The third kappa shape index (κ3) is 2.59. The summed E-state index contributed by atoms with van der Waals surface area (Å²) in [4.78, 5) is 14.5. The summed E-state index contributed by atoms with van der Waals surface area (Å²) >= 11 is 0. The zero-order chi connectivity index (χ0) is 15.7. The van der Waals surface area contributed by atoms with Crippen LogP contribution in [-0.2, 0) is 0 Å². The molecule has 0 aliphatic carbocycles. The molecule has 1 fully saturated rings. The van der Waals surface area contributed by atoms with E-state index in [0.717, 1.165) is 16.8 Å². The summed E-state index contributed by atoms with van der Waals surface area (Å²) in [5, 5.41) is 23.3. The number of fused-ring (bicyclic) bond motifs is 1. The average Bonchev–Trinajstić information content (AvgIpc) is 2.97. The summed E-state index contributed by atoms with van der Waals surface area (Å²) in [6.45, 7) is 4.25. The van der Waals surface area contributed by atoms with E-state index in [9.17, 15) is 9.90 Å². The van der Waals surface area contributed by atoms with E-state index in [1.165, 1.54) is 4.90 Å². The molecular formula is C15H20N4O3. The summed E-state index contributed by atoms with van der Waals surface area (Å²) in [6, 6.07) is 3.88. The van der Waals surface area contributed by atoms with E-state index < -0.39 is 12.2 Å². The molecule has 1 unspecified atom stereocenters. The Morgan fingerprint density at radius 1 is 1.32 bits per heavy atom. The van der Waals surface area contributed by atoms with Gasteiger partial charge >= 0.3 is 6.09 Å². The van der Waals surface area contributed by atoms with Crippen molar-refractivity contribution in [3.63, 3.8) is 0 Å². The van der Waals surface area contributed by atoms with E-state index in [-0.39, 0.29) is 0 Å². The fourth-order valence-electron chi connectivity index (χ4n) is 2.80. The van der Waals surface area contributed by atoms with Crippen LogP contribution in [0.1, 0.15) is 25.0 Å². The van der Waals surface area contributed by atoms with Crippen molar-refractivity contribution in [3.05, 3.63) is 30.1 Å². The van der Waals surface area contributed by atoms with Crippen LogP contribution in [0.25, 0.3) is 5.52 Å². The molecule has 3 rings (SSSR count). The fraction of sp³-hybridized carbons (Fsp3) is 0.467. The van der Waals surface area contributed by atoms with E-state index in [2.05, 4.69) is 10.00 Å². The summed E-state index contributed by atoms with van der Waals surface area (Å²) in [5.74, 6) is 0. The normalized spacial score (nSPS) is 17.0. The first-order chi connectivity index (χ1) is 10.6. The molecule has 1 aliphatic heterocycles. The maximum absolute atomic E-state index is 11.0. The maximum atomic E-state index is 11.0. The minimum absolute atomic E-state index is 0.476. The number of aliphatic hydroxyl groups is 1. The Bertz CT molecular complexity index is 676. The molecule has 2 aromatic rings. The number of aromatic nitrogens is 2. The molecule has 1 amide bonds. The van der Waals surface area contributed by atoms with Crippen LogP contribution in [-0.4, -0.2) is 57.0 Å². The minimum atomic E-state index is -0.863. The first kappa shape index (κ1) is 14.6. The lowest BCUT2D eigenvalue weighted by atomic mass is 10.1. The first-order valence-electron chi connectivity index (χ1n) is 7.48. The Kier molecular flexibility index (Phi) is 3.89. The fourth-order valence-corrected chi connectivity index (χ4v) is 2.80. The van der Waals surface area contributed by atoms with Crippen molar-refractivity contribution in [1.82, 2.24) is 14.5 Å². The van der Waals surface area contributed by atoms with Gasteiger partial charge in [0, 0.05) is 32.4 Å². The summed E-state index contributed by atoms with van der Waals surface area (Å²) < 4.78 is 1.77. The second-order valence-electron chi connectivity index (χ2n) is 5.50. The third-order valence-electron chi connectivity index (χ3n) is 4.18. The lowest BCUT2D eigenvalue weighted by molar-refractivity contribution is 0.142. The van der Waals surface area contributed by atoms with Crippen LogP contribution in [0.5, 0.6) is 0 Å². The monoisotopic (exact) mass is 304 g/mol. The second-order valence-corrected chi connectivity index (χ2v) is 5.50. The van der Waals surface area contributed by atoms with Crippen molar-refractivity contribution in [1.29, 1.82) is 0 Å². The molecule has 1 aliphatic rings. The van der Waals surface area contributed by atoms with Crippen LogP contribution in [0.2, 0.25) is 0 Å². The topological polar surface area (TPSA) is 81.3 Å². The smallest absolute Gasteiger partial charge is 0.407 e. The Morgan fingerprint density at radius 2 is 2.05 bits per heavy atom. The van der Waals surface area contributed by atoms with Gasteiger partial charge in [-0.2, -0.15) is 5.10 Å². The lowest BCUT2D eigenvalue weighted by Gasteiger charge is -2.33. The summed E-state index contributed by atoms with van der Waals surface area (Å²) in [5.41, 5.74) is 2.82. The Hall–Kier alpha value is -2.28. The third-order valence-corrected chi connectivity index (χ3v) is 4.18. The molecule has 7 nitrogen and oxygen atoms in total. The predicted octanol–water partition coefficient (Wildman–Crippen LogP) is 1.58. The number of anilines is 1. The van der Waals surface area contributed by atoms with E-state index >= 15 is 0 Å². The molecule has 1 atom stereocenters. The van der Waals surface area contributed by atoms with E-state index in [1.54, 1.807) is 10.7 Å². The van der Waals surface area contributed by atoms with Gasteiger partial charge in [0.05, 0.1) is 23.5 Å². The number of carbonyl (C=O) groups is 1. The van der Waals surface area contributed by atoms with Gasteiger partial charge in [-0.05, 0) is 18.1 Å². The Labute approximate surface area is 128 Å². The second kappa shape index (κ2) is 5.84. The Balaban J connectivity index is 1.82. The molecule has 0 saturated carbocycles. The van der Waals surface area contributed by atoms with Gasteiger partial charge in [0.25, 0.3) is 0 Å². The van der Waals surface area contributed by atoms with Crippen LogP contribution in [0.15, 0.2) is 24.5 Å². The highest BCUT2D eigenvalue weighted by atomic mass is 16.4. The van der Waals surface area contributed by atoms with Gasteiger partial charge in [-0.1, -0.05) is 13.0 Å². The van der Waals surface area contributed by atoms with Gasteiger partial charge in [-0.15, -0.1) is 0 Å². The average molecular weight is 304 g/mol. The van der Waals surface area contributed by atoms with Crippen molar-refractivity contribution >= 4 is 17.3 Å². The van der Waals surface area contributed by atoms with Crippen molar-refractivity contribution in [2.24, 2.45) is 0 Å². The van der Waals surface area contributed by atoms with E-state index in [0.29, 0.717) is 32.6 Å². The van der Waals surface area contributed by atoms with Crippen molar-refractivity contribution in [2.75, 3.05) is 31.1 Å². The number of piperazine rings is 1. The molecule has 22 heavy (non-hydrogen) atoms. The molecule has 0 bridgehead atoms. The molecule has 118 valence electrons. The summed E-state index contributed by atoms with van der Waals surface area (Å²) in [7, 11) is 0. The quantitative estimate of drug-likeness (QED) is 0.899. The zero-order valence-electron chi connectivity index (χ0n) is 12.5. The molecular weight excluding hydrogens is 284 g/mol. The molecule has 7 heteroatoms. The molecule has 1 saturated heterocycles. The number of amides is 1. The highest BCUT2D eigenvalue weighted by molar-refractivity contribution is 5.73. The molecule has 3 heterocycles. The number of nitrogens with zero attached hydrogens (tertiary/aromatic N) is 4. The highest BCUT2D eigenvalue weighted by Gasteiger charge is 2.22. The Morgan fingerprint density at radius 3 is 2.68 bits per heavy atom. The zero-order valence-corrected chi connectivity index (χ0v) is 12.5. The van der Waals surface area contributed by atoms with Gasteiger partial charge in [0.2, 0.25) is 0 Å². The predicted molar refractivity (Wildman–Crippen MR) is 82.3 cm³/mol. The van der Waals surface area contributed by atoms with Crippen molar-refractivity contribution in [2.45, 2.75) is 19.4 Å². The van der Waals surface area contributed by atoms with Crippen LogP contribution in [0, 0.1) is 0 Å². The molecule has 2 aromatic heterocycles. The first-order valence-corrected chi connectivity index (χ1v) is 7.48. The molecule has 0 aromatic carbocycles. The molecule has 2 N–H and O–H groups in total. The van der Waals surface area contributed by atoms with Crippen LogP contribution in [0.4, 0.5) is 10.5 Å². The van der Waals surface area contributed by atoms with E-state index in [1.807, 2.05) is 25.3 Å². The van der Waals surface area contributed by atoms with Gasteiger partial charge in [0.1, 0.15) is 0 Å². The van der Waals surface area contributed by atoms with Crippen molar-refractivity contribution < 1.29 is 15.0 Å². The van der Waals surface area contributed by atoms with Crippen molar-refractivity contribution in [3.8, 4) is 0 Å². The van der Waals surface area contributed by atoms with Crippen LogP contribution >= 0.6 is 0 Å². The van der Waals surface area contributed by atoms with Gasteiger partial charge in [0.15, 0.2) is 0 Å². The number of rotatable bonds is 3. The number of hydrogen-bond acceptors (Lipinski definition) is 4. The maximum Gasteiger partial charge on any atom is 0.407 e. The molecule has 0 radical (unpaired) electrons. The minimum Gasteiger partial charge on any atom is -0.465 e. The van der Waals surface area contributed by atoms with Gasteiger partial charge < -0.3 is 20.0 Å². The van der Waals surface area contributed by atoms with E-state index in [4.69, 9.17) is 5.11 Å².